The van der Waals surface area contributed by atoms with Gasteiger partial charge < -0.3 is 4.74 Å². The van der Waals surface area contributed by atoms with E-state index in [0.717, 1.165) is 11.3 Å². The summed E-state index contributed by atoms with van der Waals surface area (Å²) in [6.07, 6.45) is 6.79. The summed E-state index contributed by atoms with van der Waals surface area (Å²) < 4.78 is 6.37. The van der Waals surface area contributed by atoms with E-state index < -0.39 is 11.5 Å². The summed E-state index contributed by atoms with van der Waals surface area (Å²) in [4.78, 5) is 43.1. The molecule has 1 aromatic carbocycles. The third kappa shape index (κ3) is 4.74. The van der Waals surface area contributed by atoms with Gasteiger partial charge in [-0.05, 0) is 32.2 Å². The predicted molar refractivity (Wildman–Crippen MR) is 128 cm³/mol. The molecule has 0 aliphatic heterocycles. The van der Waals surface area contributed by atoms with Crippen molar-refractivity contribution in [3.8, 4) is 22.4 Å². The van der Waals surface area contributed by atoms with Gasteiger partial charge in [0.25, 0.3) is 5.56 Å². The molecule has 0 unspecified atom stereocenters. The van der Waals surface area contributed by atoms with Crippen LogP contribution in [0.1, 0.15) is 12.6 Å². The Morgan fingerprint density at radius 2 is 1.97 bits per heavy atom. The topological polar surface area (TPSA) is 99.9 Å². The maximum Gasteiger partial charge on any atom is 0.326 e. The summed E-state index contributed by atoms with van der Waals surface area (Å²) in [5.74, 6) is -0.526. The summed E-state index contributed by atoms with van der Waals surface area (Å²) in [7, 11) is 0. The molecule has 0 saturated carbocycles. The zero-order chi connectivity index (χ0) is 23.5. The molecule has 3 heterocycles. The lowest BCUT2D eigenvalue weighted by Crippen LogP contribution is -2.27. The van der Waals surface area contributed by atoms with Gasteiger partial charge in [0, 0.05) is 39.5 Å². The Hall–Kier alpha value is -3.30. The largest absolute Gasteiger partial charge is 0.465 e. The zero-order valence-corrected chi connectivity index (χ0v) is 19.8. The van der Waals surface area contributed by atoms with Crippen LogP contribution < -0.4 is 5.56 Å². The van der Waals surface area contributed by atoms with Gasteiger partial charge in [0.1, 0.15) is 12.2 Å². The van der Waals surface area contributed by atoms with Crippen molar-refractivity contribution >= 4 is 40.4 Å². The number of esters is 1. The molecule has 0 aliphatic carbocycles. The molecule has 0 radical (unpaired) electrons. The first-order valence-corrected chi connectivity index (χ1v) is 11.7. The fourth-order valence-electron chi connectivity index (χ4n) is 3.41. The first kappa shape index (κ1) is 22.9. The maximum atomic E-state index is 13.5. The van der Waals surface area contributed by atoms with Gasteiger partial charge in [-0.1, -0.05) is 35.5 Å². The van der Waals surface area contributed by atoms with E-state index in [1.807, 2.05) is 19.2 Å². The number of fused-ring (bicyclic) bond motifs is 1. The minimum Gasteiger partial charge on any atom is -0.465 e. The highest BCUT2D eigenvalue weighted by Gasteiger charge is 2.18. The number of aromatic nitrogens is 5. The lowest BCUT2D eigenvalue weighted by molar-refractivity contribution is -0.143. The number of ether oxygens (including phenoxy) is 1. The Bertz CT molecular complexity index is 1420. The number of hydrogen-bond donors (Lipinski definition) is 0. The second-order valence-corrected chi connectivity index (χ2v) is 8.31. The molecule has 33 heavy (non-hydrogen) atoms. The van der Waals surface area contributed by atoms with Crippen LogP contribution in [0.5, 0.6) is 0 Å². The number of hydrogen-bond acceptors (Lipinski definition) is 8. The van der Waals surface area contributed by atoms with Gasteiger partial charge in [-0.3, -0.25) is 19.1 Å². The molecule has 0 bridgehead atoms. The second kappa shape index (κ2) is 9.68. The van der Waals surface area contributed by atoms with Gasteiger partial charge >= 0.3 is 5.97 Å². The van der Waals surface area contributed by atoms with Gasteiger partial charge in [-0.25, -0.2) is 15.0 Å². The van der Waals surface area contributed by atoms with E-state index in [2.05, 4.69) is 19.9 Å². The fraction of sp³-hybridized carbons (Fsp3) is 0.217. The molecule has 4 rings (SSSR count). The number of halogens is 1. The molecule has 0 saturated heterocycles. The highest BCUT2D eigenvalue weighted by Crippen LogP contribution is 2.31. The van der Waals surface area contributed by atoms with E-state index in [1.54, 1.807) is 43.7 Å². The van der Waals surface area contributed by atoms with Crippen LogP contribution in [0.25, 0.3) is 33.4 Å². The Morgan fingerprint density at radius 3 is 2.67 bits per heavy atom. The average Bonchev–Trinajstić information content (AvgIpc) is 2.81. The van der Waals surface area contributed by atoms with Gasteiger partial charge in [0.15, 0.2) is 5.16 Å². The smallest absolute Gasteiger partial charge is 0.326 e. The molecule has 168 valence electrons. The van der Waals surface area contributed by atoms with Crippen molar-refractivity contribution in [1.82, 2.24) is 24.5 Å². The number of nitrogens with zero attached hydrogens (tertiary/aromatic N) is 5. The van der Waals surface area contributed by atoms with Crippen molar-refractivity contribution in [3.05, 3.63) is 63.9 Å². The van der Waals surface area contributed by atoms with E-state index in [-0.39, 0.29) is 13.2 Å². The summed E-state index contributed by atoms with van der Waals surface area (Å²) in [6, 6.07) is 7.02. The molecule has 0 N–H and O–H groups in total. The van der Waals surface area contributed by atoms with E-state index in [9.17, 15) is 9.59 Å². The Morgan fingerprint density at radius 1 is 1.15 bits per heavy atom. The minimum atomic E-state index is -0.526. The molecule has 3 aromatic heterocycles. The molecule has 0 spiro atoms. The first-order chi connectivity index (χ1) is 15.9. The van der Waals surface area contributed by atoms with Crippen LogP contribution in [0, 0.1) is 6.92 Å². The SMILES string of the molecule is CCOC(=O)Cn1c(=O)c(-c2ccc(-c3cncc(C)n3)cc2Cl)cc2cnc(SC)nc21. The summed E-state index contributed by atoms with van der Waals surface area (Å²) in [5.41, 5.74) is 3.07. The monoisotopic (exact) mass is 481 g/mol. The molecular formula is C23H20ClN5O3S. The lowest BCUT2D eigenvalue weighted by Gasteiger charge is -2.13. The van der Waals surface area contributed by atoms with Gasteiger partial charge in [0.2, 0.25) is 0 Å². The third-order valence-corrected chi connectivity index (χ3v) is 5.76. The van der Waals surface area contributed by atoms with Crippen molar-refractivity contribution in [3.63, 3.8) is 0 Å². The first-order valence-electron chi connectivity index (χ1n) is 10.1. The number of carbonyl (C=O) groups excluding carboxylic acids is 1. The van der Waals surface area contributed by atoms with E-state index in [4.69, 9.17) is 16.3 Å². The second-order valence-electron chi connectivity index (χ2n) is 7.13. The van der Waals surface area contributed by atoms with E-state index in [1.165, 1.54) is 16.3 Å². The lowest BCUT2D eigenvalue weighted by atomic mass is 10.0. The van der Waals surface area contributed by atoms with Crippen LogP contribution >= 0.6 is 23.4 Å². The molecule has 0 aliphatic rings. The molecule has 10 heteroatoms. The molecule has 0 atom stereocenters. The maximum absolute atomic E-state index is 13.5. The van der Waals surface area contributed by atoms with Crippen LogP contribution in [0.2, 0.25) is 5.02 Å². The number of benzene rings is 1. The molecule has 8 nitrogen and oxygen atoms in total. The number of thioether (sulfide) groups is 1. The normalized spacial score (nSPS) is 11.0. The highest BCUT2D eigenvalue weighted by molar-refractivity contribution is 7.98. The number of aryl methyl sites for hydroxylation is 1. The van der Waals surface area contributed by atoms with Crippen molar-refractivity contribution < 1.29 is 9.53 Å². The fourth-order valence-corrected chi connectivity index (χ4v) is 4.03. The zero-order valence-electron chi connectivity index (χ0n) is 18.2. The van der Waals surface area contributed by atoms with Crippen molar-refractivity contribution in [2.45, 2.75) is 25.5 Å². The summed E-state index contributed by atoms with van der Waals surface area (Å²) in [6.45, 7) is 3.52. The van der Waals surface area contributed by atoms with Crippen molar-refractivity contribution in [2.24, 2.45) is 0 Å². The summed E-state index contributed by atoms with van der Waals surface area (Å²) >= 11 is 7.95. The quantitative estimate of drug-likeness (QED) is 0.230. The standard InChI is InChI=1S/C23H20ClN5O3S/c1-4-32-20(30)12-29-21-15(10-26-23(28-21)33-3)7-17(22(29)31)16-6-5-14(8-18(16)24)19-11-25-9-13(2)27-19/h5-11H,4,12H2,1-3H3. The average molecular weight is 482 g/mol. The molecular weight excluding hydrogens is 462 g/mol. The van der Waals surface area contributed by atoms with Crippen molar-refractivity contribution in [1.29, 1.82) is 0 Å². The van der Waals surface area contributed by atoms with Crippen LogP contribution in [0.15, 0.2) is 52.8 Å². The number of pyridine rings is 1. The van der Waals surface area contributed by atoms with Gasteiger partial charge in [-0.15, -0.1) is 0 Å². The van der Waals surface area contributed by atoms with Gasteiger partial charge in [-0.2, -0.15) is 0 Å². The van der Waals surface area contributed by atoms with Crippen LogP contribution in [-0.4, -0.2) is 43.3 Å². The van der Waals surface area contributed by atoms with E-state index >= 15 is 0 Å². The minimum absolute atomic E-state index is 0.214. The van der Waals surface area contributed by atoms with E-state index in [0.29, 0.717) is 38.0 Å². The van der Waals surface area contributed by atoms with Crippen LogP contribution in [0.3, 0.4) is 0 Å². The summed E-state index contributed by atoms with van der Waals surface area (Å²) in [5, 5.41) is 1.47. The molecule has 4 aromatic rings. The molecule has 0 fully saturated rings. The third-order valence-electron chi connectivity index (χ3n) is 4.89. The number of rotatable bonds is 6. The van der Waals surface area contributed by atoms with Gasteiger partial charge in [0.05, 0.1) is 24.2 Å². The van der Waals surface area contributed by atoms with Crippen molar-refractivity contribution in [2.75, 3.05) is 12.9 Å². The Balaban J connectivity index is 1.88. The Kier molecular flexibility index (Phi) is 6.71. The molecule has 0 amide bonds. The Labute approximate surface area is 199 Å². The number of carbonyl (C=O) groups is 1. The van der Waals surface area contributed by atoms with Crippen LogP contribution in [0.4, 0.5) is 0 Å². The predicted octanol–water partition coefficient (Wildman–Crippen LogP) is 4.16. The highest BCUT2D eigenvalue weighted by atomic mass is 35.5. The van der Waals surface area contributed by atoms with Crippen LogP contribution in [-0.2, 0) is 16.1 Å².